The summed E-state index contributed by atoms with van der Waals surface area (Å²) in [6, 6.07) is 12.0. The van der Waals surface area contributed by atoms with Crippen LogP contribution >= 0.6 is 47.9 Å². The fourth-order valence-electron chi connectivity index (χ4n) is 4.71. The SMILES string of the molecule is CN(CCSCCO)c1nc(Nc2ccc(N=Nc3c(N)c(SOOO)cc4cc(SOOO)cc(O)c34)c(SOOO)c2)nc(-[n+]2cccc(C(=O)O)c2)n1. The Morgan fingerprint density at radius 1 is 0.946 bits per heavy atom. The maximum Gasteiger partial charge on any atom is 0.444 e. The van der Waals surface area contributed by atoms with Crippen molar-refractivity contribution in [1.82, 2.24) is 15.0 Å². The number of thioether (sulfide) groups is 1. The van der Waals surface area contributed by atoms with Crippen molar-refractivity contribution in [3.05, 3.63) is 66.5 Å². The molecule has 0 amide bonds. The van der Waals surface area contributed by atoms with E-state index in [9.17, 15) is 15.0 Å². The topological polar surface area (TPSA) is 302 Å². The van der Waals surface area contributed by atoms with Gasteiger partial charge in [-0.25, -0.2) is 25.1 Å². The summed E-state index contributed by atoms with van der Waals surface area (Å²) in [6.45, 7) is 0.558. The number of carbonyl (C=O) groups is 1. The number of hydrogen-bond acceptors (Lipinski definition) is 24. The molecule has 5 aromatic rings. The summed E-state index contributed by atoms with van der Waals surface area (Å²) >= 11 is 3.23. The summed E-state index contributed by atoms with van der Waals surface area (Å²) in [4.78, 5) is 27.8. The molecule has 56 heavy (non-hydrogen) atoms. The van der Waals surface area contributed by atoms with Crippen molar-refractivity contribution in [2.45, 2.75) is 14.7 Å². The Kier molecular flexibility index (Phi) is 16.0. The lowest BCUT2D eigenvalue weighted by molar-refractivity contribution is -0.603. The van der Waals surface area contributed by atoms with Crippen molar-refractivity contribution < 1.29 is 68.6 Å². The molecule has 0 aliphatic heterocycles. The summed E-state index contributed by atoms with van der Waals surface area (Å²) in [5.74, 6) is 0.230. The molecule has 0 unspecified atom stereocenters. The molecular formula is C30H30N9O13S4+. The number of aromatic hydroxyl groups is 1. The Hall–Kier alpha value is -4.65. The van der Waals surface area contributed by atoms with Gasteiger partial charge in [0.2, 0.25) is 0 Å². The van der Waals surface area contributed by atoms with E-state index in [0.717, 1.165) is 0 Å². The van der Waals surface area contributed by atoms with Crippen molar-refractivity contribution in [3.8, 4) is 11.7 Å². The van der Waals surface area contributed by atoms with Gasteiger partial charge in [-0.05, 0) is 63.9 Å². The zero-order valence-electron chi connectivity index (χ0n) is 28.5. The largest absolute Gasteiger partial charge is 0.507 e. The average Bonchev–Trinajstić information content (AvgIpc) is 3.20. The molecule has 9 N–H and O–H groups in total. The van der Waals surface area contributed by atoms with Gasteiger partial charge in [0.1, 0.15) is 17.1 Å². The minimum Gasteiger partial charge on any atom is -0.507 e. The van der Waals surface area contributed by atoms with Gasteiger partial charge < -0.3 is 31.3 Å². The number of carboxylic acids is 1. The van der Waals surface area contributed by atoms with E-state index in [1.54, 1.807) is 54.2 Å². The lowest BCUT2D eigenvalue weighted by Gasteiger charge is -2.15. The van der Waals surface area contributed by atoms with E-state index in [0.29, 0.717) is 70.1 Å². The van der Waals surface area contributed by atoms with Crippen LogP contribution in [0.1, 0.15) is 10.4 Å². The van der Waals surface area contributed by atoms with Crippen LogP contribution in [-0.4, -0.2) is 83.7 Å². The minimum atomic E-state index is -1.14. The third-order valence-electron chi connectivity index (χ3n) is 7.15. The zero-order chi connectivity index (χ0) is 40.0. The monoisotopic (exact) mass is 852 g/mol. The molecule has 3 aromatic carbocycles. The van der Waals surface area contributed by atoms with E-state index in [-0.39, 0.29) is 68.0 Å². The van der Waals surface area contributed by atoms with Crippen molar-refractivity contribution in [2.24, 2.45) is 10.2 Å². The van der Waals surface area contributed by atoms with Crippen LogP contribution in [0.3, 0.4) is 0 Å². The van der Waals surface area contributed by atoms with Crippen LogP contribution < -0.4 is 20.5 Å². The molecule has 0 saturated carbocycles. The summed E-state index contributed by atoms with van der Waals surface area (Å²) in [7, 11) is 1.78. The number of aromatic carboxylic acids is 1. The number of phenolic OH excluding ortho intramolecular Hbond substituents is 1. The van der Waals surface area contributed by atoms with E-state index < -0.39 is 5.97 Å². The lowest BCUT2D eigenvalue weighted by Crippen LogP contribution is -2.35. The molecule has 0 radical (unpaired) electrons. The van der Waals surface area contributed by atoms with Gasteiger partial charge in [-0.15, -0.1) is 28.2 Å². The van der Waals surface area contributed by atoms with Gasteiger partial charge in [-0.3, -0.25) is 0 Å². The average molecular weight is 853 g/mol. The normalized spacial score (nSPS) is 11.4. The maximum absolute atomic E-state index is 11.7. The number of nitrogens with zero attached hydrogens (tertiary/aromatic N) is 7. The van der Waals surface area contributed by atoms with Crippen molar-refractivity contribution in [1.29, 1.82) is 0 Å². The van der Waals surface area contributed by atoms with Crippen molar-refractivity contribution in [3.63, 3.8) is 0 Å². The van der Waals surface area contributed by atoms with Crippen LogP contribution in [0.2, 0.25) is 0 Å². The number of aliphatic hydroxyl groups excluding tert-OH is 1. The second-order valence-electron chi connectivity index (χ2n) is 10.7. The minimum absolute atomic E-state index is 0.00436. The third-order valence-corrected chi connectivity index (χ3v) is 9.93. The molecule has 0 bridgehead atoms. The number of nitrogens with two attached hydrogens (primary N) is 1. The highest BCUT2D eigenvalue weighted by atomic mass is 32.2. The molecule has 0 fully saturated rings. The maximum atomic E-state index is 11.7. The van der Waals surface area contributed by atoms with Gasteiger partial charge in [0, 0.05) is 35.7 Å². The molecule has 296 valence electrons. The summed E-state index contributed by atoms with van der Waals surface area (Å²) < 4.78 is 15.2. The Balaban J connectivity index is 1.52. The first-order valence-corrected chi connectivity index (χ1v) is 18.8. The van der Waals surface area contributed by atoms with Crippen LogP contribution in [0.15, 0.2) is 85.8 Å². The van der Waals surface area contributed by atoms with Crippen LogP contribution in [0.5, 0.6) is 5.75 Å². The Labute approximate surface area is 332 Å². The number of benzene rings is 3. The highest BCUT2D eigenvalue weighted by Crippen LogP contribution is 2.46. The molecule has 5 rings (SSSR count). The number of rotatable bonds is 21. The molecule has 22 nitrogen and oxygen atoms in total. The molecule has 0 atom stereocenters. The first-order chi connectivity index (χ1) is 27.1. The van der Waals surface area contributed by atoms with Gasteiger partial charge in [0.25, 0.3) is 0 Å². The van der Waals surface area contributed by atoms with Crippen molar-refractivity contribution in [2.75, 3.05) is 47.7 Å². The van der Waals surface area contributed by atoms with E-state index in [1.807, 2.05) is 0 Å². The lowest BCUT2D eigenvalue weighted by atomic mass is 10.1. The van der Waals surface area contributed by atoms with E-state index in [4.69, 9.17) is 30.9 Å². The van der Waals surface area contributed by atoms with E-state index >= 15 is 0 Å². The second kappa shape index (κ2) is 21.0. The van der Waals surface area contributed by atoms with Crippen LogP contribution in [0.25, 0.3) is 16.7 Å². The Morgan fingerprint density at radius 3 is 2.43 bits per heavy atom. The first-order valence-electron chi connectivity index (χ1n) is 15.4. The smallest absolute Gasteiger partial charge is 0.444 e. The third kappa shape index (κ3) is 11.2. The summed E-state index contributed by atoms with van der Waals surface area (Å²) in [6.07, 6.45) is 2.95. The number of pyridine rings is 1. The molecule has 2 heterocycles. The predicted octanol–water partition coefficient (Wildman–Crippen LogP) is 5.89. The van der Waals surface area contributed by atoms with Gasteiger partial charge in [0.05, 0.1) is 81.6 Å². The standard InChI is InChI=1S/C30H29N9O13S4/c1-38(7-9-53-10-8-40)29-33-28(34-30(35-29)39-6-2-3-16(15-39)27(42)43)32-18-4-5-20(22(13-18)55-51-48-45)36-37-26-24-17(12-23(25(26)31)56-52-49-46)11-19(14-21(24)41)54-50-47-44/h2-6,11-15,40H,7-10,31H2,1H3,(H5-,32,33,34,35,41,42,43,44,45,46)/p+1. The fourth-order valence-corrected chi connectivity index (χ4v) is 6.83. The summed E-state index contributed by atoms with van der Waals surface area (Å²) in [5, 5.41) is 79.2. The molecule has 26 heteroatoms. The van der Waals surface area contributed by atoms with Gasteiger partial charge >= 0.3 is 23.8 Å². The molecule has 0 aliphatic rings. The van der Waals surface area contributed by atoms with E-state index in [1.165, 1.54) is 35.0 Å². The van der Waals surface area contributed by atoms with Crippen molar-refractivity contribution >= 4 is 99.3 Å². The second-order valence-corrected chi connectivity index (χ2v) is 14.2. The molecule has 0 saturated heterocycles. The number of phenols is 1. The molecule has 2 aromatic heterocycles. The fraction of sp³-hybridized carbons (Fsp3) is 0.167. The number of fused-ring (bicyclic) bond motifs is 1. The number of aromatic nitrogens is 4. The number of nitrogen functional groups attached to an aromatic ring is 1. The van der Waals surface area contributed by atoms with Gasteiger partial charge in [-0.2, -0.15) is 11.8 Å². The highest BCUT2D eigenvalue weighted by Gasteiger charge is 2.23. The highest BCUT2D eigenvalue weighted by molar-refractivity contribution is 7.99. The van der Waals surface area contributed by atoms with Gasteiger partial charge in [-0.1, -0.05) is 15.1 Å². The molecule has 0 aliphatic carbocycles. The number of nitrogens with one attached hydrogen (secondary N) is 1. The number of azo groups is 1. The van der Waals surface area contributed by atoms with E-state index in [2.05, 4.69) is 54.3 Å². The number of carboxylic acid groups (broad SMARTS) is 1. The van der Waals surface area contributed by atoms with Crippen LogP contribution in [0.4, 0.5) is 34.6 Å². The summed E-state index contributed by atoms with van der Waals surface area (Å²) in [5.41, 5.74) is 6.89. The number of hydrogen-bond donors (Lipinski definition) is 8. The first kappa shape index (κ1) is 42.5. The van der Waals surface area contributed by atoms with Crippen LogP contribution in [0, 0.1) is 0 Å². The predicted molar refractivity (Wildman–Crippen MR) is 202 cm³/mol. The van der Waals surface area contributed by atoms with Crippen LogP contribution in [-0.2, 0) is 28.1 Å². The molecular weight excluding hydrogens is 823 g/mol. The number of aliphatic hydroxyl groups is 1. The zero-order valence-corrected chi connectivity index (χ0v) is 31.7. The molecule has 0 spiro atoms. The number of anilines is 4. The Morgan fingerprint density at radius 2 is 1.70 bits per heavy atom. The quantitative estimate of drug-likeness (QED) is 0.00811. The Bertz CT molecular complexity index is 2180. The van der Waals surface area contributed by atoms with Gasteiger partial charge in [0.15, 0.2) is 0 Å².